The Kier molecular flexibility index (Phi) is 6.28. The summed E-state index contributed by atoms with van der Waals surface area (Å²) in [5.41, 5.74) is 1.16. The summed E-state index contributed by atoms with van der Waals surface area (Å²) in [5, 5.41) is 11.2. The Morgan fingerprint density at radius 1 is 1.31 bits per heavy atom. The molecule has 3 aromatic rings. The molecule has 0 radical (unpaired) electrons. The first-order chi connectivity index (χ1) is 14.1. The van der Waals surface area contributed by atoms with Crippen molar-refractivity contribution in [3.63, 3.8) is 0 Å². The van der Waals surface area contributed by atoms with Crippen LogP contribution in [0.3, 0.4) is 0 Å². The number of aliphatic hydroxyl groups is 1. The van der Waals surface area contributed by atoms with Crippen LogP contribution in [0.25, 0.3) is 10.2 Å². The molecule has 2 aromatic heterocycles. The fourth-order valence-electron chi connectivity index (χ4n) is 3.94. The van der Waals surface area contributed by atoms with Gasteiger partial charge in [-0.15, -0.1) is 11.3 Å². The molecule has 0 bridgehead atoms. The zero-order valence-electron chi connectivity index (χ0n) is 16.7. The number of thiophene rings is 1. The Hall–Kier alpha value is -2.22. The van der Waals surface area contributed by atoms with Crippen LogP contribution in [0.4, 0.5) is 0 Å². The standard InChI is InChI=1S/C22H27N3O3S/c1-2-11-25(12-15(26)14-28-16-7-4-3-5-8-16)13-19-23-21(27)20-17-9-6-10-18(17)29-22(20)24-19/h3-5,7-8,15,26H,2,6,9-14H2,1H3,(H,23,24,27)/t15-/m0/s1. The highest BCUT2D eigenvalue weighted by molar-refractivity contribution is 7.18. The van der Waals surface area contributed by atoms with Gasteiger partial charge < -0.3 is 14.8 Å². The minimum Gasteiger partial charge on any atom is -0.491 e. The summed E-state index contributed by atoms with van der Waals surface area (Å²) < 4.78 is 5.66. The molecule has 2 heterocycles. The van der Waals surface area contributed by atoms with Gasteiger partial charge in [0.2, 0.25) is 0 Å². The summed E-state index contributed by atoms with van der Waals surface area (Å²) in [5.74, 6) is 1.41. The minimum atomic E-state index is -0.622. The van der Waals surface area contributed by atoms with Gasteiger partial charge in [0.1, 0.15) is 29.1 Å². The SMILES string of the molecule is CCCN(Cc1nc2sc3c(c2c(=O)[nH]1)CCC3)C[C@H](O)COc1ccccc1. The molecule has 0 unspecified atom stereocenters. The van der Waals surface area contributed by atoms with Crippen molar-refractivity contribution in [3.05, 3.63) is 57.0 Å². The van der Waals surface area contributed by atoms with E-state index in [0.717, 1.165) is 48.2 Å². The van der Waals surface area contributed by atoms with Gasteiger partial charge in [-0.25, -0.2) is 4.98 Å². The number of para-hydroxylation sites is 1. The van der Waals surface area contributed by atoms with E-state index < -0.39 is 6.10 Å². The van der Waals surface area contributed by atoms with E-state index in [1.807, 2.05) is 30.3 Å². The average Bonchev–Trinajstić information content (AvgIpc) is 3.28. The third kappa shape index (κ3) is 4.69. The lowest BCUT2D eigenvalue weighted by Gasteiger charge is -2.24. The first kappa shape index (κ1) is 20.1. The van der Waals surface area contributed by atoms with Gasteiger partial charge in [0.25, 0.3) is 5.56 Å². The van der Waals surface area contributed by atoms with Crippen LogP contribution in [0.1, 0.15) is 36.0 Å². The maximum atomic E-state index is 12.7. The number of hydrogen-bond donors (Lipinski definition) is 2. The van der Waals surface area contributed by atoms with Gasteiger partial charge in [-0.3, -0.25) is 9.69 Å². The highest BCUT2D eigenvalue weighted by Gasteiger charge is 2.22. The molecule has 0 fully saturated rings. The van der Waals surface area contributed by atoms with Crippen molar-refractivity contribution in [2.75, 3.05) is 19.7 Å². The predicted molar refractivity (Wildman–Crippen MR) is 116 cm³/mol. The number of aryl methyl sites for hydroxylation is 2. The van der Waals surface area contributed by atoms with Crippen LogP contribution >= 0.6 is 11.3 Å². The molecule has 0 aliphatic heterocycles. The van der Waals surface area contributed by atoms with Crippen LogP contribution < -0.4 is 10.3 Å². The fraction of sp³-hybridized carbons (Fsp3) is 0.455. The van der Waals surface area contributed by atoms with Gasteiger partial charge in [-0.05, 0) is 49.9 Å². The molecule has 4 rings (SSSR count). The Labute approximate surface area is 174 Å². The van der Waals surface area contributed by atoms with Gasteiger partial charge in [-0.1, -0.05) is 25.1 Å². The van der Waals surface area contributed by atoms with E-state index in [4.69, 9.17) is 9.72 Å². The van der Waals surface area contributed by atoms with E-state index in [0.29, 0.717) is 18.9 Å². The van der Waals surface area contributed by atoms with Crippen LogP contribution in [0, 0.1) is 0 Å². The van der Waals surface area contributed by atoms with E-state index in [1.54, 1.807) is 11.3 Å². The van der Waals surface area contributed by atoms with E-state index in [9.17, 15) is 9.90 Å². The first-order valence-electron chi connectivity index (χ1n) is 10.3. The summed E-state index contributed by atoms with van der Waals surface area (Å²) in [6, 6.07) is 9.49. The van der Waals surface area contributed by atoms with Crippen LogP contribution in [0.2, 0.25) is 0 Å². The summed E-state index contributed by atoms with van der Waals surface area (Å²) >= 11 is 1.66. The number of benzene rings is 1. The number of aliphatic hydroxyl groups excluding tert-OH is 1. The molecule has 0 amide bonds. The number of nitrogens with one attached hydrogen (secondary N) is 1. The maximum absolute atomic E-state index is 12.7. The number of rotatable bonds is 9. The van der Waals surface area contributed by atoms with Crippen molar-refractivity contribution in [1.82, 2.24) is 14.9 Å². The van der Waals surface area contributed by atoms with Crippen molar-refractivity contribution in [1.29, 1.82) is 0 Å². The molecule has 29 heavy (non-hydrogen) atoms. The zero-order chi connectivity index (χ0) is 20.2. The molecular formula is C22H27N3O3S. The van der Waals surface area contributed by atoms with E-state index >= 15 is 0 Å². The molecule has 0 spiro atoms. The normalized spacial score (nSPS) is 14.4. The quantitative estimate of drug-likeness (QED) is 0.564. The van der Waals surface area contributed by atoms with Crippen LogP contribution in [0.5, 0.6) is 5.75 Å². The third-order valence-electron chi connectivity index (χ3n) is 5.19. The van der Waals surface area contributed by atoms with Crippen molar-refractivity contribution >= 4 is 21.6 Å². The van der Waals surface area contributed by atoms with Crippen LogP contribution in [-0.2, 0) is 19.4 Å². The number of H-pyrrole nitrogens is 1. The van der Waals surface area contributed by atoms with Gasteiger partial charge >= 0.3 is 0 Å². The van der Waals surface area contributed by atoms with E-state index in [1.165, 1.54) is 10.4 Å². The second kappa shape index (κ2) is 9.07. The van der Waals surface area contributed by atoms with Gasteiger partial charge in [0, 0.05) is 11.4 Å². The molecule has 154 valence electrons. The number of aromatic amines is 1. The summed E-state index contributed by atoms with van der Waals surface area (Å²) in [7, 11) is 0. The van der Waals surface area contributed by atoms with Gasteiger partial charge in [0.05, 0.1) is 11.9 Å². The Bertz CT molecular complexity index is 1020. The number of hydrogen-bond acceptors (Lipinski definition) is 6. The third-order valence-corrected chi connectivity index (χ3v) is 6.38. The van der Waals surface area contributed by atoms with Crippen molar-refractivity contribution in [2.24, 2.45) is 0 Å². The second-order valence-corrected chi connectivity index (χ2v) is 8.65. The zero-order valence-corrected chi connectivity index (χ0v) is 17.5. The highest BCUT2D eigenvalue weighted by Crippen LogP contribution is 2.34. The van der Waals surface area contributed by atoms with Gasteiger partial charge in [0.15, 0.2) is 0 Å². The van der Waals surface area contributed by atoms with Crippen molar-refractivity contribution in [2.45, 2.75) is 45.3 Å². The molecule has 7 heteroatoms. The lowest BCUT2D eigenvalue weighted by atomic mass is 10.2. The monoisotopic (exact) mass is 413 g/mol. The molecule has 1 atom stereocenters. The number of fused-ring (bicyclic) bond motifs is 3. The highest BCUT2D eigenvalue weighted by atomic mass is 32.1. The molecule has 1 aliphatic carbocycles. The lowest BCUT2D eigenvalue weighted by Crippen LogP contribution is -2.36. The van der Waals surface area contributed by atoms with Crippen LogP contribution in [0.15, 0.2) is 35.1 Å². The van der Waals surface area contributed by atoms with Crippen molar-refractivity contribution in [3.8, 4) is 5.75 Å². The number of nitrogens with zero attached hydrogens (tertiary/aromatic N) is 2. The summed E-state index contributed by atoms with van der Waals surface area (Å²) in [6.07, 6.45) is 3.50. The Morgan fingerprint density at radius 3 is 2.93 bits per heavy atom. The molecular weight excluding hydrogens is 386 g/mol. The molecule has 1 aliphatic rings. The number of aromatic nitrogens is 2. The van der Waals surface area contributed by atoms with E-state index in [-0.39, 0.29) is 12.2 Å². The predicted octanol–water partition coefficient (Wildman–Crippen LogP) is 3.13. The smallest absolute Gasteiger partial charge is 0.259 e. The second-order valence-electron chi connectivity index (χ2n) is 7.56. The Morgan fingerprint density at radius 2 is 2.14 bits per heavy atom. The topological polar surface area (TPSA) is 78.5 Å². The molecule has 6 nitrogen and oxygen atoms in total. The molecule has 2 N–H and O–H groups in total. The average molecular weight is 414 g/mol. The molecule has 0 saturated heterocycles. The number of ether oxygens (including phenoxy) is 1. The molecule has 0 saturated carbocycles. The largest absolute Gasteiger partial charge is 0.491 e. The Balaban J connectivity index is 1.43. The van der Waals surface area contributed by atoms with Crippen molar-refractivity contribution < 1.29 is 9.84 Å². The maximum Gasteiger partial charge on any atom is 0.259 e. The molecule has 1 aromatic carbocycles. The first-order valence-corrected chi connectivity index (χ1v) is 11.1. The minimum absolute atomic E-state index is 0.0335. The van der Waals surface area contributed by atoms with E-state index in [2.05, 4.69) is 16.8 Å². The fourth-order valence-corrected chi connectivity index (χ4v) is 5.23. The summed E-state index contributed by atoms with van der Waals surface area (Å²) in [4.78, 5) is 24.6. The summed E-state index contributed by atoms with van der Waals surface area (Å²) in [6.45, 7) is 4.10. The lowest BCUT2D eigenvalue weighted by molar-refractivity contribution is 0.0647. The van der Waals surface area contributed by atoms with Crippen LogP contribution in [-0.4, -0.2) is 45.8 Å². The van der Waals surface area contributed by atoms with Gasteiger partial charge in [-0.2, -0.15) is 0 Å².